The van der Waals surface area contributed by atoms with Gasteiger partial charge in [-0.2, -0.15) is 13.2 Å². The molecule has 0 atom stereocenters. The van der Waals surface area contributed by atoms with Crippen LogP contribution in [0.5, 0.6) is 0 Å². The van der Waals surface area contributed by atoms with E-state index in [1.54, 1.807) is 0 Å². The van der Waals surface area contributed by atoms with E-state index in [1.165, 1.54) is 0 Å². The molecule has 5 nitrogen and oxygen atoms in total. The van der Waals surface area contributed by atoms with Crippen LogP contribution in [0.25, 0.3) is 11.0 Å². The smallest absolute Gasteiger partial charge is 0.416 e. The molecule has 0 bridgehead atoms. The van der Waals surface area contributed by atoms with Gasteiger partial charge in [0.2, 0.25) is 11.7 Å². The molecule has 1 aromatic heterocycles. The Kier molecular flexibility index (Phi) is 3.63. The number of alkyl halides is 3. The lowest BCUT2D eigenvalue weighted by molar-refractivity contribution is -0.137. The summed E-state index contributed by atoms with van der Waals surface area (Å²) >= 11 is 0. The molecule has 1 N–H and O–H groups in total. The van der Waals surface area contributed by atoms with E-state index in [2.05, 4.69) is 10.1 Å². The highest BCUT2D eigenvalue weighted by Gasteiger charge is 2.32. The largest absolute Gasteiger partial charge is 0.463 e. The van der Waals surface area contributed by atoms with Gasteiger partial charge in [0, 0.05) is 12.3 Å². The van der Waals surface area contributed by atoms with Crippen molar-refractivity contribution >= 4 is 28.5 Å². The molecule has 1 amide bonds. The minimum atomic E-state index is -4.55. The fourth-order valence-electron chi connectivity index (χ4n) is 1.81. The molecule has 1 aromatic carbocycles. The van der Waals surface area contributed by atoms with Crippen LogP contribution in [0, 0.1) is 0 Å². The third kappa shape index (κ3) is 2.83. The maximum absolute atomic E-state index is 12.7. The minimum Gasteiger partial charge on any atom is -0.463 e. The second-order valence-electron chi connectivity index (χ2n) is 4.19. The number of hydrogen-bond acceptors (Lipinski definition) is 4. The zero-order valence-electron chi connectivity index (χ0n) is 11.0. The topological polar surface area (TPSA) is 68.5 Å². The lowest BCUT2D eigenvalue weighted by Gasteiger charge is -2.06. The fraction of sp³-hybridized carbons (Fsp3) is 0.231. The molecule has 0 spiro atoms. The number of anilines is 1. The standard InChI is InChI=1S/C13H10F3NO4/c1-6(18)17-10-8-5-7(13(14,15)16)3-4-9(8)21-11(10)12(19)20-2/h3-5H,1-2H3,(H,17,18). The molecule has 2 aromatic rings. The number of rotatable bonds is 2. The molecule has 0 aliphatic heterocycles. The van der Waals surface area contributed by atoms with Crippen LogP contribution in [-0.4, -0.2) is 19.0 Å². The van der Waals surface area contributed by atoms with Gasteiger partial charge in [0.1, 0.15) is 11.3 Å². The molecule has 2 rings (SSSR count). The Morgan fingerprint density at radius 3 is 2.48 bits per heavy atom. The summed E-state index contributed by atoms with van der Waals surface area (Å²) < 4.78 is 47.8. The number of carbonyl (C=O) groups is 2. The highest BCUT2D eigenvalue weighted by molar-refractivity contribution is 6.09. The monoisotopic (exact) mass is 301 g/mol. The van der Waals surface area contributed by atoms with Crippen molar-refractivity contribution < 1.29 is 31.9 Å². The Bertz CT molecular complexity index is 718. The van der Waals surface area contributed by atoms with Gasteiger partial charge >= 0.3 is 12.1 Å². The van der Waals surface area contributed by atoms with E-state index in [0.29, 0.717) is 0 Å². The van der Waals surface area contributed by atoms with Crippen LogP contribution >= 0.6 is 0 Å². The number of carbonyl (C=O) groups excluding carboxylic acids is 2. The van der Waals surface area contributed by atoms with Crippen LogP contribution in [0.1, 0.15) is 23.0 Å². The summed E-state index contributed by atoms with van der Waals surface area (Å²) in [5.41, 5.74) is -1.03. The van der Waals surface area contributed by atoms with Gasteiger partial charge in [0.05, 0.1) is 12.7 Å². The Morgan fingerprint density at radius 1 is 1.29 bits per heavy atom. The Labute approximate surface area is 116 Å². The molecular formula is C13H10F3NO4. The molecule has 0 saturated carbocycles. The molecule has 21 heavy (non-hydrogen) atoms. The number of ether oxygens (including phenoxy) is 1. The maximum atomic E-state index is 12.7. The van der Waals surface area contributed by atoms with Crippen molar-refractivity contribution in [2.75, 3.05) is 12.4 Å². The van der Waals surface area contributed by atoms with Gasteiger partial charge in [0.25, 0.3) is 0 Å². The highest BCUT2D eigenvalue weighted by atomic mass is 19.4. The van der Waals surface area contributed by atoms with Gasteiger partial charge < -0.3 is 14.5 Å². The molecule has 0 saturated heterocycles. The Morgan fingerprint density at radius 2 is 1.95 bits per heavy atom. The number of methoxy groups -OCH3 is 1. The quantitative estimate of drug-likeness (QED) is 0.865. The number of esters is 1. The zero-order valence-corrected chi connectivity index (χ0v) is 11.0. The van der Waals surface area contributed by atoms with E-state index in [-0.39, 0.29) is 22.4 Å². The van der Waals surface area contributed by atoms with E-state index in [9.17, 15) is 22.8 Å². The number of hydrogen-bond donors (Lipinski definition) is 1. The number of furan rings is 1. The number of amides is 1. The van der Waals surface area contributed by atoms with Crippen molar-refractivity contribution in [3.8, 4) is 0 Å². The number of nitrogens with one attached hydrogen (secondary N) is 1. The summed E-state index contributed by atoms with van der Waals surface area (Å²) in [5.74, 6) is -1.81. The Balaban J connectivity index is 2.70. The predicted octanol–water partition coefficient (Wildman–Crippen LogP) is 3.20. The number of fused-ring (bicyclic) bond motifs is 1. The van der Waals surface area contributed by atoms with Gasteiger partial charge in [-0.25, -0.2) is 4.79 Å². The van der Waals surface area contributed by atoms with Gasteiger partial charge in [0.15, 0.2) is 0 Å². The highest BCUT2D eigenvalue weighted by Crippen LogP contribution is 2.37. The molecule has 112 valence electrons. The third-order valence-corrected chi connectivity index (χ3v) is 2.69. The molecular weight excluding hydrogens is 291 g/mol. The molecule has 1 heterocycles. The first-order valence-corrected chi connectivity index (χ1v) is 5.73. The fourth-order valence-corrected chi connectivity index (χ4v) is 1.81. The van der Waals surface area contributed by atoms with E-state index in [0.717, 1.165) is 32.2 Å². The van der Waals surface area contributed by atoms with Crippen molar-refractivity contribution in [2.24, 2.45) is 0 Å². The van der Waals surface area contributed by atoms with Crippen LogP contribution in [0.4, 0.5) is 18.9 Å². The molecule has 0 aliphatic rings. The second-order valence-corrected chi connectivity index (χ2v) is 4.19. The normalized spacial score (nSPS) is 11.5. The lowest BCUT2D eigenvalue weighted by Crippen LogP contribution is -2.10. The van der Waals surface area contributed by atoms with E-state index < -0.39 is 23.6 Å². The third-order valence-electron chi connectivity index (χ3n) is 2.69. The summed E-state index contributed by atoms with van der Waals surface area (Å²) in [4.78, 5) is 22.8. The maximum Gasteiger partial charge on any atom is 0.416 e. The van der Waals surface area contributed by atoms with Gasteiger partial charge in [-0.15, -0.1) is 0 Å². The minimum absolute atomic E-state index is 0.0274. The van der Waals surface area contributed by atoms with Gasteiger partial charge in [-0.3, -0.25) is 4.79 Å². The average Bonchev–Trinajstić information content (AvgIpc) is 2.74. The lowest BCUT2D eigenvalue weighted by atomic mass is 10.1. The SMILES string of the molecule is COC(=O)c1oc2ccc(C(F)(F)F)cc2c1NC(C)=O. The average molecular weight is 301 g/mol. The Hall–Kier alpha value is -2.51. The summed E-state index contributed by atoms with van der Waals surface area (Å²) in [7, 11) is 1.09. The van der Waals surface area contributed by atoms with Crippen molar-refractivity contribution in [1.29, 1.82) is 0 Å². The molecule has 0 fully saturated rings. The van der Waals surface area contributed by atoms with Crippen molar-refractivity contribution in [2.45, 2.75) is 13.1 Å². The van der Waals surface area contributed by atoms with Crippen LogP contribution in [0.2, 0.25) is 0 Å². The molecule has 8 heteroatoms. The summed E-state index contributed by atoms with van der Waals surface area (Å²) in [5, 5.41) is 2.26. The van der Waals surface area contributed by atoms with Crippen molar-refractivity contribution in [3.63, 3.8) is 0 Å². The van der Waals surface area contributed by atoms with Crippen molar-refractivity contribution in [3.05, 3.63) is 29.5 Å². The first kappa shape index (κ1) is 14.9. The second kappa shape index (κ2) is 5.12. The first-order valence-electron chi connectivity index (χ1n) is 5.73. The van der Waals surface area contributed by atoms with E-state index in [4.69, 9.17) is 4.42 Å². The van der Waals surface area contributed by atoms with Crippen LogP contribution in [-0.2, 0) is 15.7 Å². The zero-order chi connectivity index (χ0) is 15.8. The van der Waals surface area contributed by atoms with Gasteiger partial charge in [-0.1, -0.05) is 0 Å². The van der Waals surface area contributed by atoms with Gasteiger partial charge in [-0.05, 0) is 18.2 Å². The summed E-state index contributed by atoms with van der Waals surface area (Å²) in [6.07, 6.45) is -4.55. The summed E-state index contributed by atoms with van der Waals surface area (Å²) in [6, 6.07) is 2.71. The molecule has 0 unspecified atom stereocenters. The van der Waals surface area contributed by atoms with Crippen molar-refractivity contribution in [1.82, 2.24) is 0 Å². The first-order chi connectivity index (χ1) is 9.74. The van der Waals surface area contributed by atoms with Crippen LogP contribution < -0.4 is 5.32 Å². The molecule has 0 radical (unpaired) electrons. The summed E-state index contributed by atoms with van der Waals surface area (Å²) in [6.45, 7) is 1.16. The predicted molar refractivity (Wildman–Crippen MR) is 66.9 cm³/mol. The van der Waals surface area contributed by atoms with Crippen LogP contribution in [0.15, 0.2) is 22.6 Å². The number of halogens is 3. The van der Waals surface area contributed by atoms with E-state index in [1.807, 2.05) is 0 Å². The number of benzene rings is 1. The molecule has 0 aliphatic carbocycles. The van der Waals surface area contributed by atoms with Crippen LogP contribution in [0.3, 0.4) is 0 Å². The van der Waals surface area contributed by atoms with E-state index >= 15 is 0 Å².